The first kappa shape index (κ1) is 12.4. The van der Waals surface area contributed by atoms with Crippen molar-refractivity contribution in [1.82, 2.24) is 9.47 Å². The third-order valence-electron chi connectivity index (χ3n) is 2.13. The Kier molecular flexibility index (Phi) is 4.19. The minimum absolute atomic E-state index is 0.0431. The first-order valence-corrected chi connectivity index (χ1v) is 4.78. The zero-order valence-electron chi connectivity index (χ0n) is 9.33. The molecule has 16 heavy (non-hydrogen) atoms. The van der Waals surface area contributed by atoms with Crippen molar-refractivity contribution in [2.75, 3.05) is 27.3 Å². The van der Waals surface area contributed by atoms with E-state index in [0.29, 0.717) is 13.2 Å². The molecule has 1 aromatic heterocycles. The van der Waals surface area contributed by atoms with Crippen LogP contribution in [0, 0.1) is 16.6 Å². The van der Waals surface area contributed by atoms with Gasteiger partial charge < -0.3 is 9.64 Å². The lowest BCUT2D eigenvalue weighted by Crippen LogP contribution is -2.39. The summed E-state index contributed by atoms with van der Waals surface area (Å²) in [6.45, 7) is 0.986. The molecule has 0 saturated heterocycles. The summed E-state index contributed by atoms with van der Waals surface area (Å²) in [4.78, 5) is 1.58. The Morgan fingerprint density at radius 1 is 1.56 bits per heavy atom. The number of aromatic nitrogens is 1. The molecular formula is C10H15FN4O. The van der Waals surface area contributed by atoms with Crippen molar-refractivity contribution < 1.29 is 9.13 Å². The molecule has 0 atom stereocenters. The lowest BCUT2D eigenvalue weighted by atomic mass is 10.4. The fraction of sp³-hybridized carbons (Fsp3) is 0.400. The van der Waals surface area contributed by atoms with Crippen molar-refractivity contribution in [3.05, 3.63) is 29.6 Å². The maximum absolute atomic E-state index is 13.0. The number of hydrogen-bond donors (Lipinski definition) is 2. The van der Waals surface area contributed by atoms with Crippen molar-refractivity contribution in [3.8, 4) is 0 Å². The number of ether oxygens (including phenoxy) is 1. The average Bonchev–Trinajstić information content (AvgIpc) is 2.28. The van der Waals surface area contributed by atoms with Crippen LogP contribution in [0.4, 0.5) is 4.39 Å². The monoisotopic (exact) mass is 226 g/mol. The molecule has 0 spiro atoms. The number of halogens is 1. The largest absolute Gasteiger partial charge is 0.383 e. The summed E-state index contributed by atoms with van der Waals surface area (Å²) in [6.07, 6.45) is 1.12. The van der Waals surface area contributed by atoms with Gasteiger partial charge in [-0.3, -0.25) is 15.4 Å². The maximum atomic E-state index is 13.0. The summed E-state index contributed by atoms with van der Waals surface area (Å²) in [6, 6.07) is 2.51. The van der Waals surface area contributed by atoms with E-state index in [1.165, 1.54) is 16.7 Å². The number of hydrogen-bond acceptors (Lipinski definition) is 3. The van der Waals surface area contributed by atoms with Crippen molar-refractivity contribution in [2.24, 2.45) is 0 Å². The number of nitrogens with one attached hydrogen (secondary N) is 2. The molecule has 0 saturated carbocycles. The van der Waals surface area contributed by atoms with Crippen LogP contribution in [0.15, 0.2) is 18.3 Å². The lowest BCUT2D eigenvalue weighted by Gasteiger charge is -2.20. The smallest absolute Gasteiger partial charge is 0.203 e. The van der Waals surface area contributed by atoms with E-state index in [4.69, 9.17) is 15.6 Å². The zero-order chi connectivity index (χ0) is 12.1. The van der Waals surface area contributed by atoms with Crippen molar-refractivity contribution in [1.29, 1.82) is 10.8 Å². The van der Waals surface area contributed by atoms with Gasteiger partial charge in [0.25, 0.3) is 0 Å². The Hall–Kier alpha value is -1.69. The van der Waals surface area contributed by atoms with Crippen LogP contribution in [0.2, 0.25) is 0 Å². The van der Waals surface area contributed by atoms with E-state index in [9.17, 15) is 4.39 Å². The van der Waals surface area contributed by atoms with Gasteiger partial charge in [-0.1, -0.05) is 0 Å². The number of pyridine rings is 1. The summed E-state index contributed by atoms with van der Waals surface area (Å²) >= 11 is 0. The minimum Gasteiger partial charge on any atom is -0.383 e. The summed E-state index contributed by atoms with van der Waals surface area (Å²) in [7, 11) is 3.27. The highest BCUT2D eigenvalue weighted by Gasteiger charge is 2.07. The minimum atomic E-state index is -0.471. The van der Waals surface area contributed by atoms with E-state index in [0.717, 1.165) is 6.20 Å². The quantitative estimate of drug-likeness (QED) is 0.581. The van der Waals surface area contributed by atoms with Gasteiger partial charge >= 0.3 is 0 Å². The number of methoxy groups -OCH3 is 1. The Morgan fingerprint density at radius 3 is 2.88 bits per heavy atom. The summed E-state index contributed by atoms with van der Waals surface area (Å²) in [5.41, 5.74) is 0.0654. The molecule has 0 aliphatic rings. The second-order valence-electron chi connectivity index (χ2n) is 3.34. The Labute approximate surface area is 93.1 Å². The topological polar surface area (TPSA) is 65.1 Å². The number of nitrogens with zero attached hydrogens (tertiary/aromatic N) is 2. The van der Waals surface area contributed by atoms with Gasteiger partial charge in [0, 0.05) is 26.9 Å². The predicted molar refractivity (Wildman–Crippen MR) is 57.9 cm³/mol. The number of rotatable bonds is 3. The van der Waals surface area contributed by atoms with Gasteiger partial charge in [0.15, 0.2) is 0 Å². The van der Waals surface area contributed by atoms with E-state index < -0.39 is 5.82 Å². The van der Waals surface area contributed by atoms with Gasteiger partial charge in [-0.15, -0.1) is 0 Å². The molecule has 1 aromatic rings. The van der Waals surface area contributed by atoms with E-state index in [1.54, 1.807) is 19.1 Å². The van der Waals surface area contributed by atoms with Crippen molar-refractivity contribution in [3.63, 3.8) is 0 Å². The molecule has 2 N–H and O–H groups in total. The van der Waals surface area contributed by atoms with Crippen LogP contribution in [0.3, 0.4) is 0 Å². The third kappa shape index (κ3) is 2.90. The molecule has 0 aromatic carbocycles. The van der Waals surface area contributed by atoms with Gasteiger partial charge in [0.1, 0.15) is 11.3 Å². The van der Waals surface area contributed by atoms with Crippen molar-refractivity contribution >= 4 is 5.96 Å². The molecule has 5 nitrogen and oxygen atoms in total. The highest BCUT2D eigenvalue weighted by molar-refractivity contribution is 5.78. The van der Waals surface area contributed by atoms with Gasteiger partial charge in [-0.05, 0) is 12.1 Å². The summed E-state index contributed by atoms with van der Waals surface area (Å²) in [5, 5.41) is 15.4. The summed E-state index contributed by atoms with van der Waals surface area (Å²) < 4.78 is 19.0. The van der Waals surface area contributed by atoms with Crippen LogP contribution in [-0.4, -0.2) is 42.7 Å². The molecular weight excluding hydrogens is 211 g/mol. The van der Waals surface area contributed by atoms with Gasteiger partial charge in [0.2, 0.25) is 5.96 Å². The third-order valence-corrected chi connectivity index (χ3v) is 2.13. The molecule has 1 rings (SSSR count). The van der Waals surface area contributed by atoms with Crippen LogP contribution in [0.5, 0.6) is 0 Å². The molecule has 0 aliphatic carbocycles. The Bertz CT molecular complexity index is 429. The molecule has 1 heterocycles. The fourth-order valence-electron chi connectivity index (χ4n) is 1.17. The van der Waals surface area contributed by atoms with Crippen LogP contribution in [0.25, 0.3) is 0 Å². The van der Waals surface area contributed by atoms with E-state index in [-0.39, 0.29) is 11.4 Å². The predicted octanol–water partition coefficient (Wildman–Crippen LogP) is 0.468. The highest BCUT2D eigenvalue weighted by atomic mass is 19.1. The van der Waals surface area contributed by atoms with E-state index >= 15 is 0 Å². The molecule has 0 bridgehead atoms. The first-order valence-electron chi connectivity index (χ1n) is 4.78. The molecule has 0 amide bonds. The molecule has 6 heteroatoms. The average molecular weight is 226 g/mol. The SMILES string of the molecule is COCCN(C)C(=N)n1cc(F)ccc1=N. The zero-order valence-corrected chi connectivity index (χ0v) is 9.33. The second-order valence-corrected chi connectivity index (χ2v) is 3.34. The van der Waals surface area contributed by atoms with Crippen LogP contribution in [-0.2, 0) is 4.74 Å². The molecule has 0 radical (unpaired) electrons. The van der Waals surface area contributed by atoms with Crippen molar-refractivity contribution in [2.45, 2.75) is 0 Å². The van der Waals surface area contributed by atoms with E-state index in [1.807, 2.05) is 0 Å². The molecule has 0 aliphatic heterocycles. The normalized spacial score (nSPS) is 10.2. The lowest BCUT2D eigenvalue weighted by molar-refractivity contribution is 0.181. The van der Waals surface area contributed by atoms with Gasteiger partial charge in [-0.25, -0.2) is 4.39 Å². The van der Waals surface area contributed by atoms with E-state index in [2.05, 4.69) is 0 Å². The summed E-state index contributed by atoms with van der Waals surface area (Å²) in [5.74, 6) is -0.428. The van der Waals surface area contributed by atoms with Crippen LogP contribution >= 0.6 is 0 Å². The highest BCUT2D eigenvalue weighted by Crippen LogP contribution is 1.94. The van der Waals surface area contributed by atoms with Gasteiger partial charge in [-0.2, -0.15) is 0 Å². The molecule has 0 fully saturated rings. The van der Waals surface area contributed by atoms with Crippen LogP contribution < -0.4 is 5.49 Å². The molecule has 88 valence electrons. The maximum Gasteiger partial charge on any atom is 0.203 e. The van der Waals surface area contributed by atoms with Crippen LogP contribution in [0.1, 0.15) is 0 Å². The first-order chi connectivity index (χ1) is 7.56. The van der Waals surface area contributed by atoms with Gasteiger partial charge in [0.05, 0.1) is 6.61 Å². The standard InChI is InChI=1S/C10H15FN4O/c1-14(5-6-16-2)10(13)15-7-8(11)3-4-9(15)12/h3-4,7,12-13H,5-6H2,1-2H3. The fourth-order valence-corrected chi connectivity index (χ4v) is 1.17. The number of likely N-dealkylation sites (N-methyl/N-ethyl adjacent to an activating group) is 1. The molecule has 0 unspecified atom stereocenters. The second kappa shape index (κ2) is 5.41. The Balaban J connectivity index is 2.87. The Morgan fingerprint density at radius 2 is 2.25 bits per heavy atom.